The molecule has 1 heterocycles. The van der Waals surface area contributed by atoms with Gasteiger partial charge >= 0.3 is 5.63 Å². The van der Waals surface area contributed by atoms with Crippen molar-refractivity contribution in [3.63, 3.8) is 0 Å². The van der Waals surface area contributed by atoms with Gasteiger partial charge in [-0.15, -0.1) is 0 Å². The highest BCUT2D eigenvalue weighted by Gasteiger charge is 2.10. The zero-order valence-electron chi connectivity index (χ0n) is 13.2. The van der Waals surface area contributed by atoms with Gasteiger partial charge in [0.1, 0.15) is 5.58 Å². The lowest BCUT2D eigenvalue weighted by atomic mass is 10.1. The maximum atomic E-state index is 12.1. The van der Waals surface area contributed by atoms with E-state index < -0.39 is 5.63 Å². The third-order valence-corrected chi connectivity index (χ3v) is 3.60. The van der Waals surface area contributed by atoms with Gasteiger partial charge in [-0.2, -0.15) is 0 Å². The summed E-state index contributed by atoms with van der Waals surface area (Å²) in [4.78, 5) is 28.9. The quantitative estimate of drug-likeness (QED) is 0.579. The van der Waals surface area contributed by atoms with Crippen LogP contribution in [0.15, 0.2) is 63.8 Å². The number of carbonyl (C=O) groups excluding carboxylic acids is 1. The first kappa shape index (κ1) is 16.0. The predicted octanol–water partition coefficient (Wildman–Crippen LogP) is 2.89. The maximum absolute atomic E-state index is 12.1. The standard InChI is InChI=1S/C19H17NO4/c1-13-7-8-16-15(11-19(22)24-17(16)9-13)10-18(21)20-23-12-14-5-3-2-4-6-14/h2-9,11H,10,12H2,1H3,(H,20,21). The topological polar surface area (TPSA) is 68.5 Å². The molecule has 3 rings (SSSR count). The highest BCUT2D eigenvalue weighted by molar-refractivity contribution is 5.86. The van der Waals surface area contributed by atoms with Crippen LogP contribution in [0.4, 0.5) is 0 Å². The van der Waals surface area contributed by atoms with Crippen LogP contribution in [-0.2, 0) is 22.7 Å². The number of benzene rings is 2. The Kier molecular flexibility index (Phi) is 4.72. The van der Waals surface area contributed by atoms with E-state index in [1.54, 1.807) is 6.07 Å². The van der Waals surface area contributed by atoms with Crippen molar-refractivity contribution in [2.24, 2.45) is 0 Å². The second-order valence-electron chi connectivity index (χ2n) is 5.57. The molecule has 3 aromatic rings. The minimum Gasteiger partial charge on any atom is -0.423 e. The first-order chi connectivity index (χ1) is 11.6. The van der Waals surface area contributed by atoms with Gasteiger partial charge in [0.2, 0.25) is 5.91 Å². The Labute approximate surface area is 138 Å². The number of aryl methyl sites for hydroxylation is 1. The fraction of sp³-hybridized carbons (Fsp3) is 0.158. The molecule has 0 aliphatic heterocycles. The molecule has 122 valence electrons. The Morgan fingerprint density at radius 2 is 1.92 bits per heavy atom. The molecule has 0 saturated carbocycles. The van der Waals surface area contributed by atoms with Crippen molar-refractivity contribution < 1.29 is 14.0 Å². The molecule has 0 aliphatic rings. The third kappa shape index (κ3) is 3.88. The number of carbonyl (C=O) groups is 1. The van der Waals surface area contributed by atoms with Gasteiger partial charge in [-0.1, -0.05) is 42.5 Å². The van der Waals surface area contributed by atoms with E-state index in [-0.39, 0.29) is 18.9 Å². The van der Waals surface area contributed by atoms with E-state index >= 15 is 0 Å². The Hall–Kier alpha value is -2.92. The molecule has 1 amide bonds. The number of hydrogen-bond donors (Lipinski definition) is 1. The molecule has 5 heteroatoms. The van der Waals surface area contributed by atoms with Crippen LogP contribution in [0.2, 0.25) is 0 Å². The van der Waals surface area contributed by atoms with E-state index in [1.165, 1.54) is 6.07 Å². The van der Waals surface area contributed by atoms with Gasteiger partial charge in [0.05, 0.1) is 13.0 Å². The Morgan fingerprint density at radius 3 is 2.71 bits per heavy atom. The van der Waals surface area contributed by atoms with E-state index in [0.29, 0.717) is 11.1 Å². The smallest absolute Gasteiger partial charge is 0.336 e. The van der Waals surface area contributed by atoms with Crippen LogP contribution in [0.3, 0.4) is 0 Å². The van der Waals surface area contributed by atoms with Crippen molar-refractivity contribution in [3.8, 4) is 0 Å². The van der Waals surface area contributed by atoms with E-state index in [1.807, 2.05) is 49.4 Å². The van der Waals surface area contributed by atoms with Crippen LogP contribution in [-0.4, -0.2) is 5.91 Å². The molecule has 2 aromatic carbocycles. The van der Waals surface area contributed by atoms with Crippen LogP contribution < -0.4 is 11.1 Å². The Balaban J connectivity index is 1.68. The highest BCUT2D eigenvalue weighted by atomic mass is 16.6. The van der Waals surface area contributed by atoms with Crippen LogP contribution in [0.1, 0.15) is 16.7 Å². The summed E-state index contributed by atoms with van der Waals surface area (Å²) in [5, 5.41) is 0.749. The van der Waals surface area contributed by atoms with Gasteiger partial charge < -0.3 is 4.42 Å². The normalized spacial score (nSPS) is 10.7. The number of rotatable bonds is 5. The summed E-state index contributed by atoms with van der Waals surface area (Å²) >= 11 is 0. The van der Waals surface area contributed by atoms with Gasteiger partial charge in [-0.25, -0.2) is 10.3 Å². The molecule has 0 aliphatic carbocycles. The molecule has 1 N–H and O–H groups in total. The Morgan fingerprint density at radius 1 is 1.12 bits per heavy atom. The van der Waals surface area contributed by atoms with Gasteiger partial charge in [-0.05, 0) is 29.7 Å². The van der Waals surface area contributed by atoms with Gasteiger partial charge in [0, 0.05) is 11.5 Å². The molecule has 5 nitrogen and oxygen atoms in total. The van der Waals surface area contributed by atoms with Crippen molar-refractivity contribution in [3.05, 3.63) is 81.7 Å². The van der Waals surface area contributed by atoms with E-state index in [9.17, 15) is 9.59 Å². The summed E-state index contributed by atoms with van der Waals surface area (Å²) < 4.78 is 5.19. The van der Waals surface area contributed by atoms with E-state index in [2.05, 4.69) is 5.48 Å². The van der Waals surface area contributed by atoms with Crippen molar-refractivity contribution in [1.29, 1.82) is 0 Å². The van der Waals surface area contributed by atoms with Crippen molar-refractivity contribution in [2.75, 3.05) is 0 Å². The molecule has 0 bridgehead atoms. The average molecular weight is 323 g/mol. The van der Waals surface area contributed by atoms with Crippen LogP contribution in [0.25, 0.3) is 11.0 Å². The largest absolute Gasteiger partial charge is 0.423 e. The Bertz CT molecular complexity index is 916. The number of hydroxylamine groups is 1. The lowest BCUT2D eigenvalue weighted by Crippen LogP contribution is -2.25. The molecule has 0 radical (unpaired) electrons. The molecule has 0 spiro atoms. The summed E-state index contributed by atoms with van der Waals surface area (Å²) in [6.45, 7) is 2.19. The summed E-state index contributed by atoms with van der Waals surface area (Å²) in [5.41, 5.74) is 4.97. The summed E-state index contributed by atoms with van der Waals surface area (Å²) in [6, 6.07) is 16.4. The monoisotopic (exact) mass is 323 g/mol. The summed E-state index contributed by atoms with van der Waals surface area (Å²) in [5.74, 6) is -0.321. The number of amides is 1. The third-order valence-electron chi connectivity index (χ3n) is 3.60. The molecular formula is C19H17NO4. The van der Waals surface area contributed by atoms with Gasteiger partial charge in [0.15, 0.2) is 0 Å². The van der Waals surface area contributed by atoms with Gasteiger partial charge in [0.25, 0.3) is 0 Å². The fourth-order valence-electron chi connectivity index (χ4n) is 2.47. The summed E-state index contributed by atoms with van der Waals surface area (Å²) in [6.07, 6.45) is 0.0416. The van der Waals surface area contributed by atoms with Gasteiger partial charge in [-0.3, -0.25) is 9.63 Å². The minimum absolute atomic E-state index is 0.0416. The average Bonchev–Trinajstić information content (AvgIpc) is 2.55. The van der Waals surface area contributed by atoms with Crippen LogP contribution in [0.5, 0.6) is 0 Å². The lowest BCUT2D eigenvalue weighted by molar-refractivity contribution is -0.133. The van der Waals surface area contributed by atoms with E-state index in [0.717, 1.165) is 16.5 Å². The zero-order chi connectivity index (χ0) is 16.9. The molecule has 0 atom stereocenters. The number of fused-ring (bicyclic) bond motifs is 1. The molecule has 24 heavy (non-hydrogen) atoms. The first-order valence-corrected chi connectivity index (χ1v) is 7.60. The van der Waals surface area contributed by atoms with Crippen molar-refractivity contribution in [1.82, 2.24) is 5.48 Å². The maximum Gasteiger partial charge on any atom is 0.336 e. The second kappa shape index (κ2) is 7.10. The van der Waals surface area contributed by atoms with E-state index in [4.69, 9.17) is 9.25 Å². The predicted molar refractivity (Wildman–Crippen MR) is 90.3 cm³/mol. The van der Waals surface area contributed by atoms with Crippen LogP contribution >= 0.6 is 0 Å². The lowest BCUT2D eigenvalue weighted by Gasteiger charge is -2.08. The molecule has 1 aromatic heterocycles. The zero-order valence-corrected chi connectivity index (χ0v) is 13.2. The molecule has 0 fully saturated rings. The SMILES string of the molecule is Cc1ccc2c(CC(=O)NOCc3ccccc3)cc(=O)oc2c1. The molecule has 0 unspecified atom stereocenters. The number of nitrogens with one attached hydrogen (secondary N) is 1. The van der Waals surface area contributed by atoms with Crippen molar-refractivity contribution in [2.45, 2.75) is 20.0 Å². The molecule has 0 saturated heterocycles. The first-order valence-electron chi connectivity index (χ1n) is 7.60. The molecular weight excluding hydrogens is 306 g/mol. The number of hydrogen-bond acceptors (Lipinski definition) is 4. The fourth-order valence-corrected chi connectivity index (χ4v) is 2.47. The highest BCUT2D eigenvalue weighted by Crippen LogP contribution is 2.18. The minimum atomic E-state index is -0.471. The summed E-state index contributed by atoms with van der Waals surface area (Å²) in [7, 11) is 0. The van der Waals surface area contributed by atoms with Crippen LogP contribution in [0, 0.1) is 6.92 Å². The van der Waals surface area contributed by atoms with Crippen molar-refractivity contribution >= 4 is 16.9 Å². The second-order valence-corrected chi connectivity index (χ2v) is 5.57.